The summed E-state index contributed by atoms with van der Waals surface area (Å²) in [5.41, 5.74) is 7.92. The lowest BCUT2D eigenvalue weighted by atomic mass is 9.81. The Balaban J connectivity index is 2.30. The van der Waals surface area contributed by atoms with E-state index < -0.39 is 5.97 Å². The molecule has 0 amide bonds. The van der Waals surface area contributed by atoms with E-state index in [4.69, 9.17) is 10.8 Å². The van der Waals surface area contributed by atoms with Crippen LogP contribution in [0.1, 0.15) is 56.3 Å². The second kappa shape index (κ2) is 6.83. The van der Waals surface area contributed by atoms with Crippen LogP contribution in [0.2, 0.25) is 0 Å². The van der Waals surface area contributed by atoms with Crippen LogP contribution in [-0.4, -0.2) is 23.7 Å². The molecule has 1 aromatic rings. The van der Waals surface area contributed by atoms with Gasteiger partial charge in [-0.1, -0.05) is 26.2 Å². The van der Waals surface area contributed by atoms with Crippen LogP contribution in [0.3, 0.4) is 0 Å². The van der Waals surface area contributed by atoms with Gasteiger partial charge in [0.25, 0.3) is 0 Å². The number of hydrogen-bond acceptors (Lipinski definition) is 3. The van der Waals surface area contributed by atoms with Crippen molar-refractivity contribution >= 4 is 17.3 Å². The molecule has 2 atom stereocenters. The fraction of sp³-hybridized carbons (Fsp3) is 0.588. The highest BCUT2D eigenvalue weighted by atomic mass is 16.4. The van der Waals surface area contributed by atoms with Gasteiger partial charge in [-0.25, -0.2) is 4.79 Å². The number of anilines is 2. The van der Waals surface area contributed by atoms with Crippen LogP contribution in [0.25, 0.3) is 0 Å². The standard InChI is InChI=1S/C17H26N2O2/c1-3-12-7-5-6-8-15(12)19(4-2)16-10-9-13(17(20)21)11-14(16)18/h9-12,15H,3-8,18H2,1-2H3,(H,20,21). The van der Waals surface area contributed by atoms with Gasteiger partial charge >= 0.3 is 5.97 Å². The molecule has 1 aliphatic rings. The minimum Gasteiger partial charge on any atom is -0.478 e. The highest BCUT2D eigenvalue weighted by Gasteiger charge is 2.29. The third-order valence-electron chi connectivity index (χ3n) is 4.72. The van der Waals surface area contributed by atoms with Crippen molar-refractivity contribution in [1.29, 1.82) is 0 Å². The van der Waals surface area contributed by atoms with Crippen molar-refractivity contribution in [1.82, 2.24) is 0 Å². The van der Waals surface area contributed by atoms with Crippen LogP contribution < -0.4 is 10.6 Å². The predicted molar refractivity (Wildman–Crippen MR) is 86.9 cm³/mol. The summed E-state index contributed by atoms with van der Waals surface area (Å²) in [5, 5.41) is 9.06. The monoisotopic (exact) mass is 290 g/mol. The topological polar surface area (TPSA) is 66.6 Å². The van der Waals surface area contributed by atoms with Gasteiger partial charge in [0, 0.05) is 12.6 Å². The molecule has 2 unspecified atom stereocenters. The first-order valence-corrected chi connectivity index (χ1v) is 7.97. The number of carboxylic acid groups (broad SMARTS) is 1. The number of carboxylic acids is 1. The van der Waals surface area contributed by atoms with Gasteiger partial charge in [-0.05, 0) is 43.9 Å². The van der Waals surface area contributed by atoms with Gasteiger partial charge in [-0.2, -0.15) is 0 Å². The van der Waals surface area contributed by atoms with E-state index in [2.05, 4.69) is 18.7 Å². The van der Waals surface area contributed by atoms with E-state index in [9.17, 15) is 4.79 Å². The van der Waals surface area contributed by atoms with Crippen molar-refractivity contribution in [2.75, 3.05) is 17.2 Å². The highest BCUT2D eigenvalue weighted by Crippen LogP contribution is 2.35. The Morgan fingerprint density at radius 1 is 1.33 bits per heavy atom. The normalized spacial score (nSPS) is 22.0. The van der Waals surface area contributed by atoms with E-state index >= 15 is 0 Å². The Bertz CT molecular complexity index is 502. The van der Waals surface area contributed by atoms with Crippen molar-refractivity contribution in [3.05, 3.63) is 23.8 Å². The first-order chi connectivity index (χ1) is 10.1. The minimum atomic E-state index is -0.930. The molecule has 0 spiro atoms. The van der Waals surface area contributed by atoms with Crippen molar-refractivity contribution in [3.63, 3.8) is 0 Å². The van der Waals surface area contributed by atoms with Gasteiger partial charge in [-0.3, -0.25) is 0 Å². The van der Waals surface area contributed by atoms with Gasteiger partial charge < -0.3 is 15.7 Å². The zero-order valence-corrected chi connectivity index (χ0v) is 13.0. The second-order valence-electron chi connectivity index (χ2n) is 5.88. The lowest BCUT2D eigenvalue weighted by molar-refractivity contribution is 0.0697. The highest BCUT2D eigenvalue weighted by molar-refractivity contribution is 5.90. The van der Waals surface area contributed by atoms with Crippen LogP contribution in [0, 0.1) is 5.92 Å². The number of aromatic carboxylic acids is 1. The largest absolute Gasteiger partial charge is 0.478 e. The first kappa shape index (κ1) is 15.7. The number of carbonyl (C=O) groups is 1. The lowest BCUT2D eigenvalue weighted by Crippen LogP contribution is -2.42. The average molecular weight is 290 g/mol. The Morgan fingerprint density at radius 2 is 2.05 bits per heavy atom. The fourth-order valence-electron chi connectivity index (χ4n) is 3.61. The molecule has 1 aromatic carbocycles. The van der Waals surface area contributed by atoms with Crippen LogP contribution in [0.15, 0.2) is 18.2 Å². The molecule has 3 N–H and O–H groups in total. The van der Waals surface area contributed by atoms with Crippen molar-refractivity contribution < 1.29 is 9.90 Å². The molecular weight excluding hydrogens is 264 g/mol. The minimum absolute atomic E-state index is 0.253. The van der Waals surface area contributed by atoms with Gasteiger partial charge in [0.1, 0.15) is 0 Å². The quantitative estimate of drug-likeness (QED) is 0.810. The molecule has 1 fully saturated rings. The summed E-state index contributed by atoms with van der Waals surface area (Å²) in [6.07, 6.45) is 6.26. The molecule has 4 nitrogen and oxygen atoms in total. The summed E-state index contributed by atoms with van der Waals surface area (Å²) in [6.45, 7) is 5.30. The van der Waals surface area contributed by atoms with Crippen molar-refractivity contribution in [3.8, 4) is 0 Å². The molecule has 2 rings (SSSR count). The molecule has 1 saturated carbocycles. The van der Waals surface area contributed by atoms with Gasteiger partial charge in [0.05, 0.1) is 16.9 Å². The molecule has 0 bridgehead atoms. The summed E-state index contributed by atoms with van der Waals surface area (Å²) in [6, 6.07) is 5.61. The van der Waals surface area contributed by atoms with Crippen LogP contribution in [0.5, 0.6) is 0 Å². The number of nitrogens with zero attached hydrogens (tertiary/aromatic N) is 1. The van der Waals surface area contributed by atoms with E-state index in [-0.39, 0.29) is 5.56 Å². The smallest absolute Gasteiger partial charge is 0.335 e. The summed E-state index contributed by atoms with van der Waals surface area (Å²) in [4.78, 5) is 13.4. The molecule has 4 heteroatoms. The van der Waals surface area contributed by atoms with E-state index in [0.717, 1.165) is 12.2 Å². The van der Waals surface area contributed by atoms with Crippen LogP contribution >= 0.6 is 0 Å². The second-order valence-corrected chi connectivity index (χ2v) is 5.88. The van der Waals surface area contributed by atoms with Gasteiger partial charge in [0.15, 0.2) is 0 Å². The Hall–Kier alpha value is -1.71. The first-order valence-electron chi connectivity index (χ1n) is 7.97. The molecule has 1 aliphatic carbocycles. The molecule has 0 aromatic heterocycles. The predicted octanol–water partition coefficient (Wildman–Crippen LogP) is 3.76. The molecule has 0 radical (unpaired) electrons. The van der Waals surface area contributed by atoms with Crippen LogP contribution in [-0.2, 0) is 0 Å². The van der Waals surface area contributed by atoms with E-state index in [1.54, 1.807) is 12.1 Å². The molecule has 0 saturated heterocycles. The van der Waals surface area contributed by atoms with E-state index in [1.165, 1.54) is 32.1 Å². The summed E-state index contributed by atoms with van der Waals surface area (Å²) < 4.78 is 0. The van der Waals surface area contributed by atoms with Gasteiger partial charge in [0.2, 0.25) is 0 Å². The fourth-order valence-corrected chi connectivity index (χ4v) is 3.61. The van der Waals surface area contributed by atoms with E-state index in [0.29, 0.717) is 17.6 Å². The average Bonchev–Trinajstić information content (AvgIpc) is 2.49. The van der Waals surface area contributed by atoms with Crippen molar-refractivity contribution in [2.24, 2.45) is 5.92 Å². The Morgan fingerprint density at radius 3 is 2.62 bits per heavy atom. The lowest BCUT2D eigenvalue weighted by Gasteiger charge is -2.41. The molecule has 0 aliphatic heterocycles. The molecular formula is C17H26N2O2. The zero-order valence-electron chi connectivity index (χ0n) is 13.0. The number of nitrogen functional groups attached to an aromatic ring is 1. The summed E-state index contributed by atoms with van der Waals surface area (Å²) >= 11 is 0. The molecule has 0 heterocycles. The number of benzene rings is 1. The maximum atomic E-state index is 11.0. The third-order valence-corrected chi connectivity index (χ3v) is 4.72. The maximum Gasteiger partial charge on any atom is 0.335 e. The Labute approximate surface area is 126 Å². The summed E-state index contributed by atoms with van der Waals surface area (Å²) in [5.74, 6) is -0.224. The SMILES string of the molecule is CCC1CCCCC1N(CC)c1ccc(C(=O)O)cc1N. The van der Waals surface area contributed by atoms with Crippen molar-refractivity contribution in [2.45, 2.75) is 52.0 Å². The maximum absolute atomic E-state index is 11.0. The number of nitrogens with two attached hydrogens (primary N) is 1. The van der Waals surface area contributed by atoms with Crippen LogP contribution in [0.4, 0.5) is 11.4 Å². The third kappa shape index (κ3) is 3.31. The molecule has 21 heavy (non-hydrogen) atoms. The molecule has 116 valence electrons. The zero-order chi connectivity index (χ0) is 15.4. The van der Waals surface area contributed by atoms with E-state index in [1.807, 2.05) is 6.07 Å². The number of hydrogen-bond donors (Lipinski definition) is 2. The number of rotatable bonds is 5. The van der Waals surface area contributed by atoms with Gasteiger partial charge in [-0.15, -0.1) is 0 Å². The Kier molecular flexibility index (Phi) is 5.10. The summed E-state index contributed by atoms with van der Waals surface area (Å²) in [7, 11) is 0.